The molecule has 0 aliphatic carbocycles. The SMILES string of the molecule is CC(C)NCc1nc(-c2ncccc2Cl)no1. The number of rotatable bonds is 4. The van der Waals surface area contributed by atoms with Crippen molar-refractivity contribution in [2.75, 3.05) is 0 Å². The van der Waals surface area contributed by atoms with Crippen molar-refractivity contribution in [3.8, 4) is 11.5 Å². The summed E-state index contributed by atoms with van der Waals surface area (Å²) in [7, 11) is 0. The van der Waals surface area contributed by atoms with E-state index in [2.05, 4.69) is 20.4 Å². The van der Waals surface area contributed by atoms with E-state index >= 15 is 0 Å². The fourth-order valence-electron chi connectivity index (χ4n) is 1.26. The highest BCUT2D eigenvalue weighted by atomic mass is 35.5. The molecule has 2 aromatic heterocycles. The number of nitrogens with zero attached hydrogens (tertiary/aromatic N) is 3. The lowest BCUT2D eigenvalue weighted by Crippen LogP contribution is -2.21. The van der Waals surface area contributed by atoms with Gasteiger partial charge in [0.05, 0.1) is 11.6 Å². The molecule has 0 radical (unpaired) electrons. The van der Waals surface area contributed by atoms with Gasteiger partial charge in [-0.05, 0) is 12.1 Å². The second-order valence-electron chi connectivity index (χ2n) is 3.88. The molecular formula is C11H13ClN4O. The monoisotopic (exact) mass is 252 g/mol. The van der Waals surface area contributed by atoms with Gasteiger partial charge in [0.1, 0.15) is 5.69 Å². The van der Waals surface area contributed by atoms with Crippen molar-refractivity contribution in [3.05, 3.63) is 29.2 Å². The van der Waals surface area contributed by atoms with Crippen LogP contribution in [0.15, 0.2) is 22.9 Å². The van der Waals surface area contributed by atoms with Crippen molar-refractivity contribution in [2.24, 2.45) is 0 Å². The van der Waals surface area contributed by atoms with E-state index < -0.39 is 0 Å². The fraction of sp³-hybridized carbons (Fsp3) is 0.364. The number of hydrogen-bond donors (Lipinski definition) is 1. The molecule has 0 saturated carbocycles. The van der Waals surface area contributed by atoms with Gasteiger partial charge in [-0.1, -0.05) is 30.6 Å². The van der Waals surface area contributed by atoms with Crippen molar-refractivity contribution in [3.63, 3.8) is 0 Å². The Balaban J connectivity index is 2.16. The second-order valence-corrected chi connectivity index (χ2v) is 4.29. The molecule has 0 fully saturated rings. The van der Waals surface area contributed by atoms with E-state index in [9.17, 15) is 0 Å². The molecule has 0 amide bonds. The third-order valence-electron chi connectivity index (χ3n) is 2.10. The average molecular weight is 253 g/mol. The molecule has 0 bridgehead atoms. The molecule has 0 aliphatic heterocycles. The molecule has 0 spiro atoms. The van der Waals surface area contributed by atoms with Crippen molar-refractivity contribution in [2.45, 2.75) is 26.4 Å². The lowest BCUT2D eigenvalue weighted by Gasteiger charge is -2.02. The first-order valence-electron chi connectivity index (χ1n) is 5.33. The molecule has 5 nitrogen and oxygen atoms in total. The Labute approximate surface area is 104 Å². The molecule has 0 saturated heterocycles. The summed E-state index contributed by atoms with van der Waals surface area (Å²) in [5, 5.41) is 7.55. The minimum absolute atomic E-state index is 0.365. The molecule has 1 N–H and O–H groups in total. The van der Waals surface area contributed by atoms with E-state index in [1.165, 1.54) is 0 Å². The Kier molecular flexibility index (Phi) is 3.71. The van der Waals surface area contributed by atoms with Crippen LogP contribution in [0.4, 0.5) is 0 Å². The predicted octanol–water partition coefficient (Wildman–Crippen LogP) is 2.28. The van der Waals surface area contributed by atoms with Crippen molar-refractivity contribution < 1.29 is 4.52 Å². The summed E-state index contributed by atoms with van der Waals surface area (Å²) in [5.41, 5.74) is 0.536. The number of hydrogen-bond acceptors (Lipinski definition) is 5. The first-order valence-corrected chi connectivity index (χ1v) is 5.71. The lowest BCUT2D eigenvalue weighted by molar-refractivity contribution is 0.362. The Morgan fingerprint density at radius 1 is 1.47 bits per heavy atom. The maximum absolute atomic E-state index is 6.00. The van der Waals surface area contributed by atoms with E-state index in [1.807, 2.05) is 13.8 Å². The molecule has 0 unspecified atom stereocenters. The van der Waals surface area contributed by atoms with Crippen LogP contribution in [0.2, 0.25) is 5.02 Å². The summed E-state index contributed by atoms with van der Waals surface area (Å²) in [6, 6.07) is 3.86. The van der Waals surface area contributed by atoms with Crippen LogP contribution in [0.3, 0.4) is 0 Å². The van der Waals surface area contributed by atoms with Crippen LogP contribution in [0, 0.1) is 0 Å². The summed E-state index contributed by atoms with van der Waals surface area (Å²) in [5.74, 6) is 0.937. The molecule has 0 aliphatic rings. The van der Waals surface area contributed by atoms with Gasteiger partial charge in [-0.25, -0.2) is 0 Å². The molecule has 17 heavy (non-hydrogen) atoms. The van der Waals surface area contributed by atoms with Gasteiger partial charge in [-0.15, -0.1) is 0 Å². The smallest absolute Gasteiger partial charge is 0.240 e. The molecule has 6 heteroatoms. The Morgan fingerprint density at radius 3 is 3.00 bits per heavy atom. The topological polar surface area (TPSA) is 63.8 Å². The number of nitrogens with one attached hydrogen (secondary N) is 1. The highest BCUT2D eigenvalue weighted by molar-refractivity contribution is 6.32. The van der Waals surface area contributed by atoms with Gasteiger partial charge >= 0.3 is 0 Å². The Morgan fingerprint density at radius 2 is 2.29 bits per heavy atom. The average Bonchev–Trinajstić information content (AvgIpc) is 2.75. The molecule has 2 heterocycles. The maximum Gasteiger partial charge on any atom is 0.240 e. The van der Waals surface area contributed by atoms with Gasteiger partial charge < -0.3 is 9.84 Å². The summed E-state index contributed by atoms with van der Waals surface area (Å²) < 4.78 is 5.10. The van der Waals surface area contributed by atoms with E-state index in [4.69, 9.17) is 16.1 Å². The third-order valence-corrected chi connectivity index (χ3v) is 2.40. The van der Waals surface area contributed by atoms with Crippen LogP contribution >= 0.6 is 11.6 Å². The number of pyridine rings is 1. The van der Waals surface area contributed by atoms with Crippen LogP contribution in [0.5, 0.6) is 0 Å². The van der Waals surface area contributed by atoms with Gasteiger partial charge in [0.2, 0.25) is 11.7 Å². The zero-order valence-corrected chi connectivity index (χ0v) is 10.4. The van der Waals surface area contributed by atoms with Crippen LogP contribution in [-0.4, -0.2) is 21.2 Å². The quantitative estimate of drug-likeness (QED) is 0.905. The summed E-state index contributed by atoms with van der Waals surface area (Å²) >= 11 is 6.00. The van der Waals surface area contributed by atoms with E-state index in [0.29, 0.717) is 35.0 Å². The predicted molar refractivity (Wildman–Crippen MR) is 64.5 cm³/mol. The largest absolute Gasteiger partial charge is 0.337 e. The molecule has 0 aromatic carbocycles. The highest BCUT2D eigenvalue weighted by Gasteiger charge is 2.12. The van der Waals surface area contributed by atoms with Crippen LogP contribution in [0.25, 0.3) is 11.5 Å². The van der Waals surface area contributed by atoms with Gasteiger partial charge in [0.15, 0.2) is 0 Å². The Bertz CT molecular complexity index is 498. The molecular weight excluding hydrogens is 240 g/mol. The first-order chi connectivity index (χ1) is 8.16. The number of halogens is 1. The van der Waals surface area contributed by atoms with E-state index in [1.54, 1.807) is 18.3 Å². The van der Waals surface area contributed by atoms with Gasteiger partial charge in [-0.2, -0.15) is 4.98 Å². The number of aromatic nitrogens is 3. The lowest BCUT2D eigenvalue weighted by atomic mass is 10.3. The van der Waals surface area contributed by atoms with Crippen LogP contribution in [0.1, 0.15) is 19.7 Å². The minimum Gasteiger partial charge on any atom is -0.337 e. The first kappa shape index (κ1) is 12.0. The van der Waals surface area contributed by atoms with E-state index in [-0.39, 0.29) is 0 Å². The fourth-order valence-corrected chi connectivity index (χ4v) is 1.47. The molecule has 90 valence electrons. The zero-order valence-electron chi connectivity index (χ0n) is 9.64. The zero-order chi connectivity index (χ0) is 12.3. The molecule has 2 aromatic rings. The van der Waals surface area contributed by atoms with Crippen molar-refractivity contribution >= 4 is 11.6 Å². The summed E-state index contributed by atoms with van der Waals surface area (Å²) in [4.78, 5) is 8.35. The molecule has 0 atom stereocenters. The normalized spacial score (nSPS) is 11.1. The molecule has 2 rings (SSSR count). The van der Waals surface area contributed by atoms with Crippen LogP contribution in [-0.2, 0) is 6.54 Å². The van der Waals surface area contributed by atoms with E-state index in [0.717, 1.165) is 0 Å². The van der Waals surface area contributed by atoms with Gasteiger partial charge in [0, 0.05) is 12.2 Å². The summed E-state index contributed by atoms with van der Waals surface area (Å²) in [6.45, 7) is 4.63. The standard InChI is InChI=1S/C11H13ClN4O/c1-7(2)14-6-9-15-11(16-17-9)10-8(12)4-3-5-13-10/h3-5,7,14H,6H2,1-2H3. The highest BCUT2D eigenvalue weighted by Crippen LogP contribution is 2.22. The minimum atomic E-state index is 0.365. The Hall–Kier alpha value is -1.46. The van der Waals surface area contributed by atoms with Gasteiger partial charge in [0.25, 0.3) is 0 Å². The third kappa shape index (κ3) is 3.01. The maximum atomic E-state index is 6.00. The van der Waals surface area contributed by atoms with Crippen molar-refractivity contribution in [1.82, 2.24) is 20.4 Å². The second kappa shape index (κ2) is 5.25. The van der Waals surface area contributed by atoms with Crippen molar-refractivity contribution in [1.29, 1.82) is 0 Å². The van der Waals surface area contributed by atoms with Crippen LogP contribution < -0.4 is 5.32 Å². The van der Waals surface area contributed by atoms with Gasteiger partial charge in [-0.3, -0.25) is 4.98 Å². The summed E-state index contributed by atoms with van der Waals surface area (Å²) in [6.07, 6.45) is 1.64.